The Bertz CT molecular complexity index is 736. The Balaban J connectivity index is 1.47. The zero-order valence-corrected chi connectivity index (χ0v) is 18.6. The first kappa shape index (κ1) is 21.4. The first-order chi connectivity index (χ1) is 14.5. The number of nitrogens with one attached hydrogen (secondary N) is 1. The van der Waals surface area contributed by atoms with E-state index >= 15 is 0 Å². The van der Waals surface area contributed by atoms with Crippen molar-refractivity contribution in [2.45, 2.75) is 76.9 Å². The molecule has 2 aliphatic heterocycles. The maximum absolute atomic E-state index is 13.4. The first-order valence-electron chi connectivity index (χ1n) is 11.9. The summed E-state index contributed by atoms with van der Waals surface area (Å²) >= 11 is 0. The highest BCUT2D eigenvalue weighted by Crippen LogP contribution is 2.36. The fraction of sp³-hybridized carbons (Fsp3) is 0.680. The highest BCUT2D eigenvalue weighted by atomic mass is 16.2. The molecule has 1 aromatic carbocycles. The Morgan fingerprint density at radius 3 is 2.47 bits per heavy atom. The van der Waals surface area contributed by atoms with E-state index in [1.54, 1.807) is 0 Å². The second-order valence-corrected chi connectivity index (χ2v) is 9.69. The molecule has 3 aliphatic rings. The number of carbonyl (C=O) groups excluding carboxylic acids is 2. The quantitative estimate of drug-likeness (QED) is 0.778. The van der Waals surface area contributed by atoms with Gasteiger partial charge in [0, 0.05) is 38.4 Å². The molecule has 2 saturated heterocycles. The van der Waals surface area contributed by atoms with Crippen molar-refractivity contribution in [3.05, 3.63) is 35.9 Å². The van der Waals surface area contributed by atoms with Crippen molar-refractivity contribution in [2.24, 2.45) is 11.8 Å². The second-order valence-electron chi connectivity index (χ2n) is 9.69. The maximum atomic E-state index is 13.4. The lowest BCUT2D eigenvalue weighted by molar-refractivity contribution is -0.140. The molecule has 2 amide bonds. The minimum absolute atomic E-state index is 0.173. The van der Waals surface area contributed by atoms with E-state index in [4.69, 9.17) is 0 Å². The van der Waals surface area contributed by atoms with Gasteiger partial charge in [0.25, 0.3) is 0 Å². The van der Waals surface area contributed by atoms with Crippen molar-refractivity contribution in [1.29, 1.82) is 0 Å². The monoisotopic (exact) mass is 411 g/mol. The van der Waals surface area contributed by atoms with Gasteiger partial charge in [-0.05, 0) is 30.7 Å². The summed E-state index contributed by atoms with van der Waals surface area (Å²) in [6.45, 7) is 6.72. The SMILES string of the molecule is CCC(C)CN1C(=O)C(Cc2ccccc2)NC12CCN(C(=O)C1CCCC1)CC2. The number of rotatable bonds is 6. The van der Waals surface area contributed by atoms with Gasteiger partial charge >= 0.3 is 0 Å². The van der Waals surface area contributed by atoms with Crippen LogP contribution in [0.25, 0.3) is 0 Å². The molecule has 4 rings (SSSR count). The van der Waals surface area contributed by atoms with Gasteiger partial charge < -0.3 is 9.80 Å². The molecule has 1 N–H and O–H groups in total. The molecule has 30 heavy (non-hydrogen) atoms. The van der Waals surface area contributed by atoms with Crippen molar-refractivity contribution in [3.8, 4) is 0 Å². The Morgan fingerprint density at radius 2 is 1.83 bits per heavy atom. The van der Waals surface area contributed by atoms with Crippen molar-refractivity contribution in [1.82, 2.24) is 15.1 Å². The normalized spacial score (nSPS) is 25.3. The van der Waals surface area contributed by atoms with Gasteiger partial charge in [-0.25, -0.2) is 0 Å². The molecule has 3 fully saturated rings. The average molecular weight is 412 g/mol. The van der Waals surface area contributed by atoms with Crippen molar-refractivity contribution in [3.63, 3.8) is 0 Å². The highest BCUT2D eigenvalue weighted by Gasteiger charge is 2.52. The zero-order chi connectivity index (χ0) is 21.1. The minimum Gasteiger partial charge on any atom is -0.342 e. The number of hydrogen-bond donors (Lipinski definition) is 1. The standard InChI is InChI=1S/C25H37N3O2/c1-3-19(2)18-28-24(30)22(17-20-9-5-4-6-10-20)26-25(28)13-15-27(16-14-25)23(29)21-11-7-8-12-21/h4-6,9-10,19,21-22,26H,3,7-8,11-18H2,1-2H3. The summed E-state index contributed by atoms with van der Waals surface area (Å²) < 4.78 is 0. The lowest BCUT2D eigenvalue weighted by Gasteiger charge is -2.45. The summed E-state index contributed by atoms with van der Waals surface area (Å²) in [7, 11) is 0. The third-order valence-corrected chi connectivity index (χ3v) is 7.60. The first-order valence-corrected chi connectivity index (χ1v) is 11.9. The van der Waals surface area contributed by atoms with Crippen LogP contribution in [0.1, 0.15) is 64.4 Å². The van der Waals surface area contributed by atoms with E-state index in [0.29, 0.717) is 11.8 Å². The third kappa shape index (κ3) is 4.27. The molecule has 0 radical (unpaired) electrons. The van der Waals surface area contributed by atoms with Gasteiger partial charge in [-0.1, -0.05) is 63.4 Å². The maximum Gasteiger partial charge on any atom is 0.241 e. The van der Waals surface area contributed by atoms with Gasteiger partial charge in [0.15, 0.2) is 0 Å². The molecule has 1 spiro atoms. The van der Waals surface area contributed by atoms with Crippen LogP contribution in [0.5, 0.6) is 0 Å². The zero-order valence-electron chi connectivity index (χ0n) is 18.6. The van der Waals surface area contributed by atoms with Crippen LogP contribution in [0.15, 0.2) is 30.3 Å². The molecule has 0 bridgehead atoms. The van der Waals surface area contributed by atoms with Gasteiger partial charge in [-0.3, -0.25) is 14.9 Å². The Morgan fingerprint density at radius 1 is 1.17 bits per heavy atom. The third-order valence-electron chi connectivity index (χ3n) is 7.60. The number of benzene rings is 1. The van der Waals surface area contributed by atoms with Crippen LogP contribution >= 0.6 is 0 Å². The van der Waals surface area contributed by atoms with Crippen molar-refractivity contribution in [2.75, 3.05) is 19.6 Å². The van der Waals surface area contributed by atoms with E-state index in [-0.39, 0.29) is 23.5 Å². The highest BCUT2D eigenvalue weighted by molar-refractivity contribution is 5.86. The smallest absolute Gasteiger partial charge is 0.241 e. The molecule has 5 heteroatoms. The summed E-state index contributed by atoms with van der Waals surface area (Å²) in [5.74, 6) is 1.29. The summed E-state index contributed by atoms with van der Waals surface area (Å²) in [5.41, 5.74) is 0.893. The summed E-state index contributed by atoms with van der Waals surface area (Å²) in [4.78, 5) is 30.5. The summed E-state index contributed by atoms with van der Waals surface area (Å²) in [6, 6.07) is 10.1. The largest absolute Gasteiger partial charge is 0.342 e. The van der Waals surface area contributed by atoms with E-state index in [1.165, 1.54) is 18.4 Å². The number of nitrogens with zero attached hydrogens (tertiary/aromatic N) is 2. The van der Waals surface area contributed by atoms with Crippen LogP contribution in [-0.4, -0.2) is 53.0 Å². The van der Waals surface area contributed by atoms with Gasteiger partial charge in [0.1, 0.15) is 0 Å². The number of carbonyl (C=O) groups is 2. The molecule has 0 aromatic heterocycles. The van der Waals surface area contributed by atoms with Crippen molar-refractivity contribution < 1.29 is 9.59 Å². The van der Waals surface area contributed by atoms with E-state index in [9.17, 15) is 9.59 Å². The summed E-state index contributed by atoms with van der Waals surface area (Å²) in [5, 5.41) is 3.75. The molecular formula is C25H37N3O2. The predicted octanol–water partition coefficient (Wildman–Crippen LogP) is 3.58. The number of amides is 2. The number of piperidine rings is 1. The summed E-state index contributed by atoms with van der Waals surface area (Å²) in [6.07, 6.45) is 7.94. The van der Waals surface area contributed by atoms with Crippen LogP contribution in [0.2, 0.25) is 0 Å². The second kappa shape index (κ2) is 9.09. The van der Waals surface area contributed by atoms with Crippen molar-refractivity contribution >= 4 is 11.8 Å². The lowest BCUT2D eigenvalue weighted by atomic mass is 9.93. The van der Waals surface area contributed by atoms with Gasteiger partial charge in [0.2, 0.25) is 11.8 Å². The molecule has 2 heterocycles. The minimum atomic E-state index is -0.299. The van der Waals surface area contributed by atoms with Crippen LogP contribution in [0.3, 0.4) is 0 Å². The Kier molecular flexibility index (Phi) is 6.47. The van der Waals surface area contributed by atoms with Gasteiger partial charge in [0.05, 0.1) is 11.7 Å². The topological polar surface area (TPSA) is 52.7 Å². The lowest BCUT2D eigenvalue weighted by Crippen LogP contribution is -2.60. The predicted molar refractivity (Wildman–Crippen MR) is 119 cm³/mol. The van der Waals surface area contributed by atoms with E-state index < -0.39 is 0 Å². The molecule has 1 aromatic rings. The molecule has 164 valence electrons. The molecule has 1 saturated carbocycles. The van der Waals surface area contributed by atoms with Gasteiger partial charge in [-0.15, -0.1) is 0 Å². The van der Waals surface area contributed by atoms with E-state index in [0.717, 1.165) is 58.2 Å². The molecule has 2 atom stereocenters. The molecular weight excluding hydrogens is 374 g/mol. The fourth-order valence-corrected chi connectivity index (χ4v) is 5.50. The van der Waals surface area contributed by atoms with E-state index in [1.807, 2.05) is 18.2 Å². The Labute approximate surface area is 181 Å². The van der Waals surface area contributed by atoms with Gasteiger partial charge in [-0.2, -0.15) is 0 Å². The number of hydrogen-bond acceptors (Lipinski definition) is 3. The van der Waals surface area contributed by atoms with Crippen LogP contribution in [0.4, 0.5) is 0 Å². The Hall–Kier alpha value is -1.88. The molecule has 1 aliphatic carbocycles. The average Bonchev–Trinajstić information content (AvgIpc) is 3.39. The van der Waals surface area contributed by atoms with Crippen LogP contribution < -0.4 is 5.32 Å². The van der Waals surface area contributed by atoms with Crippen LogP contribution in [0, 0.1) is 11.8 Å². The fourth-order valence-electron chi connectivity index (χ4n) is 5.50. The molecule has 5 nitrogen and oxygen atoms in total. The number of likely N-dealkylation sites (tertiary alicyclic amines) is 1. The molecule has 2 unspecified atom stereocenters. The van der Waals surface area contributed by atoms with Crippen LogP contribution in [-0.2, 0) is 16.0 Å². The van der Waals surface area contributed by atoms with E-state index in [2.05, 4.69) is 41.1 Å².